The van der Waals surface area contributed by atoms with Gasteiger partial charge in [0, 0.05) is 52.7 Å². The fourth-order valence-corrected chi connectivity index (χ4v) is 7.43. The lowest BCUT2D eigenvalue weighted by Crippen LogP contribution is -2.20. The van der Waals surface area contributed by atoms with Crippen LogP contribution >= 0.6 is 0 Å². The number of hydrogen-bond donors (Lipinski definition) is 2. The van der Waals surface area contributed by atoms with Crippen molar-refractivity contribution < 1.29 is 24.6 Å². The summed E-state index contributed by atoms with van der Waals surface area (Å²) in [5.41, 5.74) is 10.8. The predicted octanol–water partition coefficient (Wildman–Crippen LogP) is 5.51. The number of nitrogens with zero attached hydrogens (tertiary/aromatic N) is 4. The molecule has 6 aliphatic rings. The zero-order valence-electron chi connectivity index (χ0n) is 25.9. The van der Waals surface area contributed by atoms with E-state index in [4.69, 9.17) is 20.0 Å². The second-order valence-corrected chi connectivity index (χ2v) is 12.1. The molecule has 8 bridgehead atoms. The van der Waals surface area contributed by atoms with Crippen LogP contribution in [0.25, 0.3) is 0 Å². The summed E-state index contributed by atoms with van der Waals surface area (Å²) in [5.74, 6) is -1.25. The average Bonchev–Trinajstić information content (AvgIpc) is 3.75. The summed E-state index contributed by atoms with van der Waals surface area (Å²) in [6.07, 6.45) is 5.28. The SMILES string of the molecule is CCC1=C(C=O)C2=NC1=CC1=NC3=C(CC(=O)C3=C1CC)C1=NC(=C(C)C3=NC(=C2)C([C@@H](C)O)=C3C)[C@@H](C)[C@@H]1CCC(=O)O. The Kier molecular flexibility index (Phi) is 7.40. The van der Waals surface area contributed by atoms with Gasteiger partial charge in [-0.15, -0.1) is 0 Å². The molecule has 0 radical (unpaired) electrons. The summed E-state index contributed by atoms with van der Waals surface area (Å²) in [4.78, 5) is 57.7. The molecule has 3 atom stereocenters. The molecule has 0 saturated heterocycles. The number of aliphatic imine (C=N–C) groups is 4. The van der Waals surface area contributed by atoms with Crippen molar-refractivity contribution in [2.24, 2.45) is 31.8 Å². The summed E-state index contributed by atoms with van der Waals surface area (Å²) >= 11 is 0. The van der Waals surface area contributed by atoms with E-state index in [-0.39, 0.29) is 30.5 Å². The van der Waals surface area contributed by atoms with E-state index in [1.54, 1.807) is 13.0 Å². The molecule has 5 heterocycles. The van der Waals surface area contributed by atoms with Crippen LogP contribution in [0.15, 0.2) is 99.5 Å². The molecule has 0 spiro atoms. The molecule has 5 aliphatic heterocycles. The number of carboxylic acid groups (broad SMARTS) is 1. The maximum Gasteiger partial charge on any atom is 0.303 e. The molecule has 0 unspecified atom stereocenters. The molecule has 0 aromatic rings. The van der Waals surface area contributed by atoms with Gasteiger partial charge in [-0.05, 0) is 74.5 Å². The third-order valence-corrected chi connectivity index (χ3v) is 9.54. The largest absolute Gasteiger partial charge is 0.481 e. The number of carbonyl (C=O) groups is 3. The number of hydrogen-bond acceptors (Lipinski definition) is 8. The highest BCUT2D eigenvalue weighted by molar-refractivity contribution is 6.28. The molecule has 9 heteroatoms. The van der Waals surface area contributed by atoms with Crippen molar-refractivity contribution in [3.05, 3.63) is 79.5 Å². The standard InChI is InChI=1S/C35H36N4O5/c1-7-19-23(14-40)26-13-27-30(18(6)41)16(4)33(38-27)17(5)32-15(3)21(9-10-29(43)44)34(39-32)22-11-28(42)31-20(8-2)25(37-35(22)31)12-24(19)36-26/h12-15,18,21,41H,7-11H2,1-6H3,(H,43,44)/t15-,18+,21-/m0/s1. The van der Waals surface area contributed by atoms with E-state index in [2.05, 4.69) is 0 Å². The van der Waals surface area contributed by atoms with Crippen LogP contribution in [-0.4, -0.2) is 57.2 Å². The molecule has 0 aromatic heterocycles. The van der Waals surface area contributed by atoms with Crippen LogP contribution in [-0.2, 0) is 14.4 Å². The van der Waals surface area contributed by atoms with Gasteiger partial charge in [0.2, 0.25) is 0 Å². The van der Waals surface area contributed by atoms with Gasteiger partial charge in [-0.3, -0.25) is 19.4 Å². The Morgan fingerprint density at radius 2 is 1.73 bits per heavy atom. The molecule has 2 N–H and O–H groups in total. The second-order valence-electron chi connectivity index (χ2n) is 12.1. The number of ketones is 1. The highest BCUT2D eigenvalue weighted by Gasteiger charge is 2.43. The summed E-state index contributed by atoms with van der Waals surface area (Å²) < 4.78 is 0. The zero-order valence-corrected chi connectivity index (χ0v) is 25.9. The summed E-state index contributed by atoms with van der Waals surface area (Å²) in [6, 6.07) is 0. The number of aldehydes is 1. The van der Waals surface area contributed by atoms with E-state index >= 15 is 0 Å². The van der Waals surface area contributed by atoms with Crippen molar-refractivity contribution in [3.8, 4) is 0 Å². The summed E-state index contributed by atoms with van der Waals surface area (Å²) in [5, 5.41) is 20.4. The van der Waals surface area contributed by atoms with Gasteiger partial charge in [0.1, 0.15) is 0 Å². The molecule has 0 amide bonds. The Morgan fingerprint density at radius 1 is 1.02 bits per heavy atom. The van der Waals surface area contributed by atoms with Crippen molar-refractivity contribution in [2.75, 3.05) is 0 Å². The minimum absolute atomic E-state index is 0.0184. The number of aliphatic hydroxyl groups excluding tert-OH is 1. The number of carbonyl (C=O) groups excluding carboxylic acids is 2. The van der Waals surface area contributed by atoms with Gasteiger partial charge in [0.15, 0.2) is 12.1 Å². The van der Waals surface area contributed by atoms with Crippen LogP contribution in [0.1, 0.15) is 73.6 Å². The zero-order chi connectivity index (χ0) is 31.6. The van der Waals surface area contributed by atoms with Crippen molar-refractivity contribution in [1.82, 2.24) is 0 Å². The van der Waals surface area contributed by atoms with Crippen molar-refractivity contribution in [2.45, 2.75) is 79.8 Å². The molecule has 0 aromatic carbocycles. The first-order valence-corrected chi connectivity index (χ1v) is 15.3. The highest BCUT2D eigenvalue weighted by Crippen LogP contribution is 2.46. The molecule has 6 rings (SSSR count). The average molecular weight is 593 g/mol. The van der Waals surface area contributed by atoms with Crippen LogP contribution in [0, 0.1) is 11.8 Å². The number of allylic oxidation sites excluding steroid dienone is 10. The maximum absolute atomic E-state index is 13.6. The third-order valence-electron chi connectivity index (χ3n) is 9.54. The van der Waals surface area contributed by atoms with Crippen molar-refractivity contribution in [3.63, 3.8) is 0 Å². The number of carboxylic acids is 1. The van der Waals surface area contributed by atoms with Crippen molar-refractivity contribution in [1.29, 1.82) is 0 Å². The lowest BCUT2D eigenvalue weighted by molar-refractivity contribution is -0.137. The molecule has 0 fully saturated rings. The Balaban J connectivity index is 1.69. The molecule has 1 aliphatic carbocycles. The number of aliphatic hydroxyl groups is 1. The van der Waals surface area contributed by atoms with Crippen LogP contribution in [0.5, 0.6) is 0 Å². The fraction of sp³-hybridized carbons (Fsp3) is 0.400. The van der Waals surface area contributed by atoms with E-state index in [1.165, 1.54) is 0 Å². The fourth-order valence-electron chi connectivity index (χ4n) is 7.43. The molecular weight excluding hydrogens is 556 g/mol. The van der Waals surface area contributed by atoms with Crippen LogP contribution in [0.4, 0.5) is 0 Å². The van der Waals surface area contributed by atoms with Gasteiger partial charge < -0.3 is 10.2 Å². The summed E-state index contributed by atoms with van der Waals surface area (Å²) in [6.45, 7) is 11.6. The second kappa shape index (κ2) is 11.0. The Hall–Kier alpha value is -4.37. The van der Waals surface area contributed by atoms with E-state index < -0.39 is 12.1 Å². The van der Waals surface area contributed by atoms with E-state index in [0.717, 1.165) is 45.6 Å². The topological polar surface area (TPSA) is 141 Å². The predicted molar refractivity (Wildman–Crippen MR) is 170 cm³/mol. The van der Waals surface area contributed by atoms with E-state index in [9.17, 15) is 24.6 Å². The Bertz CT molecular complexity index is 1810. The summed E-state index contributed by atoms with van der Waals surface area (Å²) in [7, 11) is 0. The van der Waals surface area contributed by atoms with Gasteiger partial charge in [-0.1, -0.05) is 20.8 Å². The minimum atomic E-state index is -0.882. The highest BCUT2D eigenvalue weighted by atomic mass is 16.4. The van der Waals surface area contributed by atoms with Gasteiger partial charge in [0.25, 0.3) is 0 Å². The lowest BCUT2D eigenvalue weighted by Gasteiger charge is -2.19. The molecule has 226 valence electrons. The molecule has 0 saturated carbocycles. The first-order chi connectivity index (χ1) is 21.0. The lowest BCUT2D eigenvalue weighted by atomic mass is 9.82. The van der Waals surface area contributed by atoms with Crippen LogP contribution < -0.4 is 0 Å². The number of rotatable bonds is 7. The first-order valence-electron chi connectivity index (χ1n) is 15.3. The smallest absolute Gasteiger partial charge is 0.303 e. The number of aliphatic carboxylic acids is 1. The Labute approximate surface area is 256 Å². The van der Waals surface area contributed by atoms with E-state index in [1.807, 2.05) is 40.7 Å². The van der Waals surface area contributed by atoms with Gasteiger partial charge >= 0.3 is 5.97 Å². The van der Waals surface area contributed by atoms with Gasteiger partial charge in [-0.25, -0.2) is 15.0 Å². The van der Waals surface area contributed by atoms with E-state index in [0.29, 0.717) is 70.2 Å². The van der Waals surface area contributed by atoms with Gasteiger partial charge in [-0.2, -0.15) is 0 Å². The van der Waals surface area contributed by atoms with Gasteiger partial charge in [0.05, 0.1) is 46.0 Å². The number of Topliss-reactive ketones (excluding diaryl/α,β-unsaturated/α-hetero) is 1. The maximum atomic E-state index is 13.6. The minimum Gasteiger partial charge on any atom is -0.481 e. The number of fused-ring (bicyclic) bond motifs is 4. The normalized spacial score (nSPS) is 25.1. The van der Waals surface area contributed by atoms with Crippen LogP contribution in [0.3, 0.4) is 0 Å². The molecule has 9 nitrogen and oxygen atoms in total. The van der Waals surface area contributed by atoms with Crippen LogP contribution in [0.2, 0.25) is 0 Å². The molecular formula is C35H36N4O5. The first kappa shape index (κ1) is 29.7. The quantitative estimate of drug-likeness (QED) is 0.375. The Morgan fingerprint density at radius 3 is 2.36 bits per heavy atom. The third kappa shape index (κ3) is 4.44. The van der Waals surface area contributed by atoms with Crippen molar-refractivity contribution >= 4 is 40.9 Å². The molecule has 44 heavy (non-hydrogen) atoms. The monoisotopic (exact) mass is 592 g/mol.